The van der Waals surface area contributed by atoms with Crippen LogP contribution in [0.1, 0.15) is 42.9 Å². The van der Waals surface area contributed by atoms with E-state index in [1.54, 1.807) is 0 Å². The summed E-state index contributed by atoms with van der Waals surface area (Å²) in [4.78, 5) is 11.9. The lowest BCUT2D eigenvalue weighted by molar-refractivity contribution is -0.120. The topological polar surface area (TPSA) is 50.4 Å². The van der Waals surface area contributed by atoms with E-state index < -0.39 is 0 Å². The maximum absolute atomic E-state index is 11.9. The molecule has 0 spiro atoms. The molecule has 4 nitrogen and oxygen atoms in total. The zero-order valence-electron chi connectivity index (χ0n) is 12.7. The summed E-state index contributed by atoms with van der Waals surface area (Å²) in [5.41, 5.74) is 2.35. The monoisotopic (exact) mass is 288 g/mol. The number of carbonyl (C=O) groups excluding carboxylic acids is 1. The van der Waals surface area contributed by atoms with Gasteiger partial charge in [0, 0.05) is 18.2 Å². The summed E-state index contributed by atoms with van der Waals surface area (Å²) in [6.45, 7) is 4.04. The van der Waals surface area contributed by atoms with Crippen LogP contribution in [0.3, 0.4) is 0 Å². The highest BCUT2D eigenvalue weighted by atomic mass is 16.5. The number of nitrogens with one attached hydrogen (secondary N) is 2. The van der Waals surface area contributed by atoms with Crippen LogP contribution in [0, 0.1) is 12.8 Å². The minimum absolute atomic E-state index is 0.0984. The van der Waals surface area contributed by atoms with E-state index in [0.717, 1.165) is 37.7 Å². The number of para-hydroxylation sites is 1. The van der Waals surface area contributed by atoms with Crippen molar-refractivity contribution in [1.82, 2.24) is 10.6 Å². The lowest BCUT2D eigenvalue weighted by Gasteiger charge is -2.19. The Morgan fingerprint density at radius 3 is 3.00 bits per heavy atom. The van der Waals surface area contributed by atoms with Crippen molar-refractivity contribution < 1.29 is 9.53 Å². The molecule has 0 radical (unpaired) electrons. The molecular weight excluding hydrogens is 264 g/mol. The maximum atomic E-state index is 11.9. The van der Waals surface area contributed by atoms with Gasteiger partial charge in [0.2, 0.25) is 5.91 Å². The van der Waals surface area contributed by atoms with E-state index in [2.05, 4.69) is 35.8 Å². The second-order valence-corrected chi connectivity index (χ2v) is 6.16. The number of benzene rings is 1. The van der Waals surface area contributed by atoms with Gasteiger partial charge in [-0.2, -0.15) is 0 Å². The van der Waals surface area contributed by atoms with Crippen molar-refractivity contribution in [1.29, 1.82) is 0 Å². The van der Waals surface area contributed by atoms with Gasteiger partial charge in [0.1, 0.15) is 5.75 Å². The Morgan fingerprint density at radius 2 is 2.19 bits per heavy atom. The first kappa shape index (κ1) is 14.4. The zero-order chi connectivity index (χ0) is 14.7. The number of fused-ring (bicyclic) bond motifs is 1. The highest BCUT2D eigenvalue weighted by molar-refractivity contribution is 5.78. The summed E-state index contributed by atoms with van der Waals surface area (Å²) in [6, 6.07) is 6.44. The lowest BCUT2D eigenvalue weighted by atomic mass is 10.00. The Balaban J connectivity index is 1.59. The van der Waals surface area contributed by atoms with Gasteiger partial charge in [0.05, 0.1) is 13.2 Å². The Kier molecular flexibility index (Phi) is 4.44. The SMILES string of the molecule is Cc1cccc2c1OCCC[C@H]2NCC(=O)NCC1CC1. The van der Waals surface area contributed by atoms with Crippen molar-refractivity contribution in [3.8, 4) is 5.75 Å². The molecule has 3 rings (SSSR count). The van der Waals surface area contributed by atoms with Gasteiger partial charge in [-0.05, 0) is 44.1 Å². The van der Waals surface area contributed by atoms with Gasteiger partial charge in [-0.25, -0.2) is 0 Å². The van der Waals surface area contributed by atoms with E-state index >= 15 is 0 Å². The molecule has 2 N–H and O–H groups in total. The molecule has 1 amide bonds. The molecule has 0 bridgehead atoms. The van der Waals surface area contributed by atoms with Gasteiger partial charge in [0.25, 0.3) is 0 Å². The molecule has 114 valence electrons. The van der Waals surface area contributed by atoms with Crippen LogP contribution >= 0.6 is 0 Å². The summed E-state index contributed by atoms with van der Waals surface area (Å²) in [5, 5.41) is 6.40. The van der Waals surface area contributed by atoms with E-state index in [9.17, 15) is 4.79 Å². The van der Waals surface area contributed by atoms with Gasteiger partial charge in [-0.3, -0.25) is 4.79 Å². The number of carbonyl (C=O) groups is 1. The standard InChI is InChI=1S/C17H24N2O2/c1-12-4-2-5-14-15(6-3-9-21-17(12)14)18-11-16(20)19-10-13-7-8-13/h2,4-5,13,15,18H,3,6-11H2,1H3,(H,19,20)/t15-/m1/s1. The third kappa shape index (κ3) is 3.76. The fraction of sp³-hybridized carbons (Fsp3) is 0.588. The van der Waals surface area contributed by atoms with Crippen molar-refractivity contribution in [2.45, 2.75) is 38.6 Å². The number of aryl methyl sites for hydroxylation is 1. The van der Waals surface area contributed by atoms with Crippen LogP contribution in [0.4, 0.5) is 0 Å². The van der Waals surface area contributed by atoms with Gasteiger partial charge in [-0.1, -0.05) is 18.2 Å². The van der Waals surface area contributed by atoms with E-state index in [4.69, 9.17) is 4.74 Å². The maximum Gasteiger partial charge on any atom is 0.233 e. The van der Waals surface area contributed by atoms with Crippen molar-refractivity contribution in [3.05, 3.63) is 29.3 Å². The fourth-order valence-corrected chi connectivity index (χ4v) is 2.83. The quantitative estimate of drug-likeness (QED) is 0.874. The zero-order valence-corrected chi connectivity index (χ0v) is 12.7. The summed E-state index contributed by atoms with van der Waals surface area (Å²) in [6.07, 6.45) is 4.54. The van der Waals surface area contributed by atoms with Crippen LogP contribution < -0.4 is 15.4 Å². The van der Waals surface area contributed by atoms with Crippen molar-refractivity contribution in [2.75, 3.05) is 19.7 Å². The van der Waals surface area contributed by atoms with Crippen LogP contribution in [0.25, 0.3) is 0 Å². The third-order valence-electron chi connectivity index (χ3n) is 4.30. The fourth-order valence-electron chi connectivity index (χ4n) is 2.83. The largest absolute Gasteiger partial charge is 0.493 e. The van der Waals surface area contributed by atoms with Gasteiger partial charge in [0.15, 0.2) is 0 Å². The number of ether oxygens (including phenoxy) is 1. The first-order valence-electron chi connectivity index (χ1n) is 7.96. The van der Waals surface area contributed by atoms with Gasteiger partial charge < -0.3 is 15.4 Å². The van der Waals surface area contributed by atoms with Gasteiger partial charge >= 0.3 is 0 Å². The average molecular weight is 288 g/mol. The molecule has 1 aliphatic heterocycles. The molecule has 0 aromatic heterocycles. The Morgan fingerprint density at radius 1 is 1.33 bits per heavy atom. The molecule has 1 saturated carbocycles. The minimum atomic E-state index is 0.0984. The van der Waals surface area contributed by atoms with E-state index in [-0.39, 0.29) is 11.9 Å². The van der Waals surface area contributed by atoms with E-state index in [1.807, 2.05) is 0 Å². The Labute approximate surface area is 126 Å². The number of hydrogen-bond acceptors (Lipinski definition) is 3. The van der Waals surface area contributed by atoms with Crippen molar-refractivity contribution in [3.63, 3.8) is 0 Å². The van der Waals surface area contributed by atoms with E-state index in [1.165, 1.54) is 24.0 Å². The molecule has 1 fully saturated rings. The van der Waals surface area contributed by atoms with E-state index in [0.29, 0.717) is 6.54 Å². The summed E-state index contributed by atoms with van der Waals surface area (Å²) < 4.78 is 5.86. The molecule has 1 atom stereocenters. The summed E-state index contributed by atoms with van der Waals surface area (Å²) >= 11 is 0. The molecule has 1 aromatic rings. The molecule has 1 aliphatic carbocycles. The number of rotatable bonds is 5. The molecule has 4 heteroatoms. The second-order valence-electron chi connectivity index (χ2n) is 6.16. The van der Waals surface area contributed by atoms with Crippen molar-refractivity contribution >= 4 is 5.91 Å². The first-order valence-corrected chi connectivity index (χ1v) is 7.96. The van der Waals surface area contributed by atoms with Crippen molar-refractivity contribution in [2.24, 2.45) is 5.92 Å². The Bertz CT molecular complexity index is 512. The lowest BCUT2D eigenvalue weighted by Crippen LogP contribution is -2.36. The number of hydrogen-bond donors (Lipinski definition) is 2. The molecule has 0 saturated heterocycles. The van der Waals surface area contributed by atoms with Crippen LogP contribution in [-0.2, 0) is 4.79 Å². The summed E-state index contributed by atoms with van der Waals surface area (Å²) in [7, 11) is 0. The molecule has 1 aromatic carbocycles. The van der Waals surface area contributed by atoms with Gasteiger partial charge in [-0.15, -0.1) is 0 Å². The molecule has 21 heavy (non-hydrogen) atoms. The smallest absolute Gasteiger partial charge is 0.233 e. The Hall–Kier alpha value is -1.55. The minimum Gasteiger partial charge on any atom is -0.493 e. The summed E-state index contributed by atoms with van der Waals surface area (Å²) in [5.74, 6) is 1.82. The molecule has 0 unspecified atom stereocenters. The van der Waals surface area contributed by atoms with Crippen LogP contribution in [0.5, 0.6) is 5.75 Å². The predicted molar refractivity (Wildman–Crippen MR) is 82.4 cm³/mol. The first-order chi connectivity index (χ1) is 10.2. The molecular formula is C17H24N2O2. The normalized spacial score (nSPS) is 21.1. The third-order valence-corrected chi connectivity index (χ3v) is 4.30. The second kappa shape index (κ2) is 6.48. The molecule has 2 aliphatic rings. The number of amides is 1. The van der Waals surface area contributed by atoms with Crippen LogP contribution in [-0.4, -0.2) is 25.6 Å². The van der Waals surface area contributed by atoms with Crippen LogP contribution in [0.15, 0.2) is 18.2 Å². The molecule has 1 heterocycles. The predicted octanol–water partition coefficient (Wildman–Crippen LogP) is 2.32. The van der Waals surface area contributed by atoms with Crippen LogP contribution in [0.2, 0.25) is 0 Å². The average Bonchev–Trinajstić information content (AvgIpc) is 3.30. The highest BCUT2D eigenvalue weighted by Crippen LogP contribution is 2.33. The highest BCUT2D eigenvalue weighted by Gasteiger charge is 2.23.